The van der Waals surface area contributed by atoms with E-state index in [0.29, 0.717) is 18.8 Å². The molecule has 0 radical (unpaired) electrons. The van der Waals surface area contributed by atoms with Crippen LogP contribution in [-0.2, 0) is 17.8 Å². The van der Waals surface area contributed by atoms with E-state index >= 15 is 0 Å². The van der Waals surface area contributed by atoms with Crippen LogP contribution in [0.2, 0.25) is 0 Å². The Hall–Kier alpha value is -2.92. The fraction of sp³-hybridized carbons (Fsp3) is 0.238. The van der Waals surface area contributed by atoms with Crippen molar-refractivity contribution >= 4 is 11.7 Å². The van der Waals surface area contributed by atoms with E-state index in [2.05, 4.69) is 10.4 Å². The van der Waals surface area contributed by atoms with Crippen LogP contribution in [0.15, 0.2) is 54.6 Å². The number of aromatic nitrogens is 2. The number of amides is 1. The number of aliphatic hydroxyl groups excluding tert-OH is 1. The van der Waals surface area contributed by atoms with Gasteiger partial charge >= 0.3 is 0 Å². The van der Waals surface area contributed by atoms with Crippen LogP contribution >= 0.6 is 0 Å². The molecule has 0 saturated heterocycles. The summed E-state index contributed by atoms with van der Waals surface area (Å²) in [6, 6.07) is 17.7. The van der Waals surface area contributed by atoms with Gasteiger partial charge < -0.3 is 10.4 Å². The molecule has 0 aliphatic rings. The fourth-order valence-electron chi connectivity index (χ4n) is 2.85. The van der Waals surface area contributed by atoms with Crippen molar-refractivity contribution in [3.8, 4) is 11.3 Å². The molecule has 3 rings (SSSR count). The van der Waals surface area contributed by atoms with Gasteiger partial charge in [0.15, 0.2) is 0 Å². The molecular weight excluding hydrogens is 326 g/mol. The number of nitrogens with one attached hydrogen (secondary N) is 1. The standard InChI is InChI=1S/C21H23N3O2/c1-15-7-9-17(10-8-15)13-21(26)22-20-14-19(23-24(20)11-12-25)18-6-4-3-5-16(18)2/h3-10,14,25H,11-13H2,1-2H3,(H,22,26). The third-order valence-electron chi connectivity index (χ3n) is 4.27. The lowest BCUT2D eigenvalue weighted by molar-refractivity contribution is -0.115. The minimum absolute atomic E-state index is 0.0459. The molecule has 0 atom stereocenters. The van der Waals surface area contributed by atoms with E-state index in [1.807, 2.05) is 68.4 Å². The molecule has 5 nitrogen and oxygen atoms in total. The Kier molecular flexibility index (Phi) is 5.49. The highest BCUT2D eigenvalue weighted by Crippen LogP contribution is 2.25. The molecule has 1 amide bonds. The molecule has 5 heteroatoms. The van der Waals surface area contributed by atoms with Gasteiger partial charge in [-0.3, -0.25) is 4.79 Å². The molecule has 0 saturated carbocycles. The monoisotopic (exact) mass is 349 g/mol. The zero-order valence-corrected chi connectivity index (χ0v) is 15.1. The van der Waals surface area contributed by atoms with Crippen LogP contribution in [0.5, 0.6) is 0 Å². The highest BCUT2D eigenvalue weighted by molar-refractivity contribution is 5.92. The topological polar surface area (TPSA) is 67.2 Å². The Balaban J connectivity index is 1.81. The second-order valence-corrected chi connectivity index (χ2v) is 6.39. The van der Waals surface area contributed by atoms with Crippen molar-refractivity contribution in [2.75, 3.05) is 11.9 Å². The summed E-state index contributed by atoms with van der Waals surface area (Å²) in [6.07, 6.45) is 0.296. The number of benzene rings is 2. The van der Waals surface area contributed by atoms with E-state index in [-0.39, 0.29) is 12.5 Å². The maximum absolute atomic E-state index is 12.4. The normalized spacial score (nSPS) is 10.7. The van der Waals surface area contributed by atoms with Crippen LogP contribution < -0.4 is 5.32 Å². The van der Waals surface area contributed by atoms with E-state index in [1.54, 1.807) is 4.68 Å². The average molecular weight is 349 g/mol. The zero-order chi connectivity index (χ0) is 18.5. The summed E-state index contributed by atoms with van der Waals surface area (Å²) in [5.74, 6) is 0.485. The van der Waals surface area contributed by atoms with Gasteiger partial charge in [0.1, 0.15) is 5.82 Å². The number of carbonyl (C=O) groups excluding carboxylic acids is 1. The Morgan fingerprint density at radius 1 is 1.12 bits per heavy atom. The molecule has 0 bridgehead atoms. The first-order chi connectivity index (χ1) is 12.6. The third kappa shape index (κ3) is 4.18. The van der Waals surface area contributed by atoms with E-state index in [9.17, 15) is 9.90 Å². The van der Waals surface area contributed by atoms with E-state index in [1.165, 1.54) is 0 Å². The van der Waals surface area contributed by atoms with Crippen molar-refractivity contribution in [2.24, 2.45) is 0 Å². The predicted molar refractivity (Wildman–Crippen MR) is 103 cm³/mol. The quantitative estimate of drug-likeness (QED) is 0.717. The van der Waals surface area contributed by atoms with Gasteiger partial charge in [-0.1, -0.05) is 54.1 Å². The third-order valence-corrected chi connectivity index (χ3v) is 4.27. The van der Waals surface area contributed by atoms with Crippen molar-refractivity contribution in [1.29, 1.82) is 0 Å². The summed E-state index contributed by atoms with van der Waals surface area (Å²) in [5, 5.41) is 16.8. The first-order valence-electron chi connectivity index (χ1n) is 8.67. The Labute approximate surface area is 153 Å². The molecule has 0 fully saturated rings. The predicted octanol–water partition coefficient (Wildman–Crippen LogP) is 3.34. The SMILES string of the molecule is Cc1ccc(CC(=O)Nc2cc(-c3ccccc3C)nn2CCO)cc1. The van der Waals surface area contributed by atoms with Crippen LogP contribution in [-0.4, -0.2) is 27.4 Å². The molecular formula is C21H23N3O2. The first kappa shape index (κ1) is 17.9. The minimum Gasteiger partial charge on any atom is -0.394 e. The second-order valence-electron chi connectivity index (χ2n) is 6.39. The van der Waals surface area contributed by atoms with Gasteiger partial charge in [-0.15, -0.1) is 0 Å². The Morgan fingerprint density at radius 2 is 1.85 bits per heavy atom. The lowest BCUT2D eigenvalue weighted by atomic mass is 10.1. The summed E-state index contributed by atoms with van der Waals surface area (Å²) >= 11 is 0. The fourth-order valence-corrected chi connectivity index (χ4v) is 2.85. The molecule has 2 aromatic carbocycles. The highest BCUT2D eigenvalue weighted by atomic mass is 16.3. The number of anilines is 1. The van der Waals surface area contributed by atoms with Crippen LogP contribution in [0, 0.1) is 13.8 Å². The van der Waals surface area contributed by atoms with Crippen LogP contribution in [0.25, 0.3) is 11.3 Å². The molecule has 26 heavy (non-hydrogen) atoms. The molecule has 0 aliphatic carbocycles. The van der Waals surface area contributed by atoms with Crippen molar-refractivity contribution in [2.45, 2.75) is 26.8 Å². The summed E-state index contributed by atoms with van der Waals surface area (Å²) in [4.78, 5) is 12.4. The highest BCUT2D eigenvalue weighted by Gasteiger charge is 2.13. The molecule has 1 heterocycles. The maximum atomic E-state index is 12.4. The largest absolute Gasteiger partial charge is 0.394 e. The number of aliphatic hydroxyl groups is 1. The summed E-state index contributed by atoms with van der Waals surface area (Å²) in [7, 11) is 0. The minimum atomic E-state index is -0.107. The molecule has 1 aromatic heterocycles. The summed E-state index contributed by atoms with van der Waals surface area (Å²) < 4.78 is 1.63. The summed E-state index contributed by atoms with van der Waals surface area (Å²) in [6.45, 7) is 4.32. The van der Waals surface area contributed by atoms with Gasteiger partial charge in [-0.2, -0.15) is 5.10 Å². The zero-order valence-electron chi connectivity index (χ0n) is 15.1. The number of aryl methyl sites for hydroxylation is 2. The van der Waals surface area contributed by atoms with Crippen LogP contribution in [0.1, 0.15) is 16.7 Å². The summed E-state index contributed by atoms with van der Waals surface area (Å²) in [5.41, 5.74) is 5.03. The smallest absolute Gasteiger partial charge is 0.229 e. The maximum Gasteiger partial charge on any atom is 0.229 e. The van der Waals surface area contributed by atoms with Crippen molar-refractivity contribution in [3.63, 3.8) is 0 Å². The number of nitrogens with zero attached hydrogens (tertiary/aromatic N) is 2. The molecule has 134 valence electrons. The Morgan fingerprint density at radius 3 is 2.54 bits per heavy atom. The van der Waals surface area contributed by atoms with Crippen molar-refractivity contribution in [1.82, 2.24) is 9.78 Å². The first-order valence-corrected chi connectivity index (χ1v) is 8.67. The second kappa shape index (κ2) is 7.97. The number of carbonyl (C=O) groups is 1. The van der Waals surface area contributed by atoms with E-state index in [0.717, 1.165) is 27.9 Å². The van der Waals surface area contributed by atoms with Gasteiger partial charge in [0.05, 0.1) is 25.3 Å². The number of rotatable bonds is 6. The van der Waals surface area contributed by atoms with Crippen LogP contribution in [0.4, 0.5) is 5.82 Å². The van der Waals surface area contributed by atoms with Crippen molar-refractivity contribution < 1.29 is 9.90 Å². The number of hydrogen-bond donors (Lipinski definition) is 2. The van der Waals surface area contributed by atoms with Gasteiger partial charge in [-0.25, -0.2) is 4.68 Å². The van der Waals surface area contributed by atoms with Crippen LogP contribution in [0.3, 0.4) is 0 Å². The number of hydrogen-bond acceptors (Lipinski definition) is 3. The average Bonchev–Trinajstić information content (AvgIpc) is 3.00. The lowest BCUT2D eigenvalue weighted by Crippen LogP contribution is -2.18. The van der Waals surface area contributed by atoms with E-state index in [4.69, 9.17) is 0 Å². The van der Waals surface area contributed by atoms with Gasteiger partial charge in [0, 0.05) is 11.6 Å². The van der Waals surface area contributed by atoms with Gasteiger partial charge in [-0.05, 0) is 25.0 Å². The molecule has 0 aliphatic heterocycles. The molecule has 3 aromatic rings. The molecule has 0 unspecified atom stereocenters. The molecule has 0 spiro atoms. The molecule has 2 N–H and O–H groups in total. The van der Waals surface area contributed by atoms with Crippen molar-refractivity contribution in [3.05, 3.63) is 71.3 Å². The van der Waals surface area contributed by atoms with Gasteiger partial charge in [0.25, 0.3) is 0 Å². The van der Waals surface area contributed by atoms with Gasteiger partial charge in [0.2, 0.25) is 5.91 Å². The van der Waals surface area contributed by atoms with E-state index < -0.39 is 0 Å². The Bertz CT molecular complexity index is 898. The lowest BCUT2D eigenvalue weighted by Gasteiger charge is -2.07.